The molecule has 2 nitrogen and oxygen atoms in total. The van der Waals surface area contributed by atoms with E-state index >= 15 is 0 Å². The molecule has 64 valence electrons. The summed E-state index contributed by atoms with van der Waals surface area (Å²) in [7, 11) is 0. The van der Waals surface area contributed by atoms with E-state index < -0.39 is 0 Å². The number of hydrogen-bond acceptors (Lipinski definition) is 2. The lowest BCUT2D eigenvalue weighted by molar-refractivity contribution is 0.808. The quantitative estimate of drug-likeness (QED) is 0.645. The number of fused-ring (bicyclic) bond motifs is 1. The van der Waals surface area contributed by atoms with Crippen LogP contribution in [0.5, 0.6) is 0 Å². The maximum atomic E-state index is 5.96. The molecule has 1 unspecified atom stereocenters. The van der Waals surface area contributed by atoms with Crippen molar-refractivity contribution < 1.29 is 0 Å². The highest BCUT2D eigenvalue weighted by Gasteiger charge is 2.20. The second-order valence-electron chi connectivity index (χ2n) is 3.12. The molecular weight excluding hydrogens is 172 g/mol. The maximum Gasteiger partial charge on any atom is 0.0491 e. The topological polar surface area (TPSA) is 38.0 Å². The standard InChI is InChI=1S/C9H11ClN2/c1-5-7(10)3-2-6-8(11)4-12-9(5)6/h2-3,8,12H,4,11H2,1H3. The van der Waals surface area contributed by atoms with E-state index in [0.29, 0.717) is 0 Å². The molecule has 12 heavy (non-hydrogen) atoms. The predicted octanol–water partition coefficient (Wildman–Crippen LogP) is 2.07. The molecule has 0 amide bonds. The van der Waals surface area contributed by atoms with Crippen molar-refractivity contribution in [2.24, 2.45) is 5.73 Å². The summed E-state index contributed by atoms with van der Waals surface area (Å²) < 4.78 is 0. The lowest BCUT2D eigenvalue weighted by atomic mass is 10.1. The van der Waals surface area contributed by atoms with E-state index in [9.17, 15) is 0 Å². The average Bonchev–Trinajstić information content (AvgIpc) is 2.41. The Morgan fingerprint density at radius 1 is 1.58 bits per heavy atom. The third-order valence-electron chi connectivity index (χ3n) is 2.33. The lowest BCUT2D eigenvalue weighted by Gasteiger charge is -2.06. The van der Waals surface area contributed by atoms with Crippen LogP contribution in [0.3, 0.4) is 0 Å². The van der Waals surface area contributed by atoms with Crippen molar-refractivity contribution in [1.29, 1.82) is 0 Å². The number of halogens is 1. The highest BCUT2D eigenvalue weighted by molar-refractivity contribution is 6.31. The molecule has 0 aromatic heterocycles. The van der Waals surface area contributed by atoms with Gasteiger partial charge in [-0.15, -0.1) is 0 Å². The van der Waals surface area contributed by atoms with Crippen LogP contribution in [0, 0.1) is 6.92 Å². The minimum atomic E-state index is 0.121. The Labute approximate surface area is 76.7 Å². The van der Waals surface area contributed by atoms with Crippen LogP contribution in [0.15, 0.2) is 12.1 Å². The summed E-state index contributed by atoms with van der Waals surface area (Å²) in [6.07, 6.45) is 0. The van der Waals surface area contributed by atoms with Crippen LogP contribution in [0.1, 0.15) is 17.2 Å². The Kier molecular flexibility index (Phi) is 1.74. The Balaban J connectivity index is 2.60. The van der Waals surface area contributed by atoms with E-state index in [1.807, 2.05) is 19.1 Å². The van der Waals surface area contributed by atoms with Gasteiger partial charge in [0.1, 0.15) is 0 Å². The van der Waals surface area contributed by atoms with Gasteiger partial charge in [-0.1, -0.05) is 17.7 Å². The first kappa shape index (κ1) is 7.90. The van der Waals surface area contributed by atoms with Gasteiger partial charge in [0, 0.05) is 23.3 Å². The first-order chi connectivity index (χ1) is 5.70. The van der Waals surface area contributed by atoms with Gasteiger partial charge in [0.25, 0.3) is 0 Å². The molecule has 0 spiro atoms. The van der Waals surface area contributed by atoms with Gasteiger partial charge >= 0.3 is 0 Å². The third-order valence-corrected chi connectivity index (χ3v) is 2.74. The van der Waals surface area contributed by atoms with Crippen LogP contribution < -0.4 is 11.1 Å². The van der Waals surface area contributed by atoms with Crippen molar-refractivity contribution in [3.8, 4) is 0 Å². The van der Waals surface area contributed by atoms with Gasteiger partial charge < -0.3 is 11.1 Å². The zero-order valence-corrected chi connectivity index (χ0v) is 7.65. The fourth-order valence-corrected chi connectivity index (χ4v) is 1.73. The van der Waals surface area contributed by atoms with Crippen molar-refractivity contribution in [2.75, 3.05) is 11.9 Å². The number of hydrogen-bond donors (Lipinski definition) is 2. The average molecular weight is 183 g/mol. The molecule has 0 saturated carbocycles. The van der Waals surface area contributed by atoms with E-state index in [2.05, 4.69) is 5.32 Å². The second-order valence-corrected chi connectivity index (χ2v) is 3.53. The summed E-state index contributed by atoms with van der Waals surface area (Å²) in [5.41, 5.74) is 9.26. The second kappa shape index (κ2) is 2.64. The van der Waals surface area contributed by atoms with Crippen molar-refractivity contribution >= 4 is 17.3 Å². The maximum absolute atomic E-state index is 5.96. The first-order valence-corrected chi connectivity index (χ1v) is 4.36. The SMILES string of the molecule is Cc1c(Cl)ccc2c1NCC2N. The predicted molar refractivity (Wildman–Crippen MR) is 51.6 cm³/mol. The molecule has 1 aromatic carbocycles. The van der Waals surface area contributed by atoms with Gasteiger partial charge in [-0.3, -0.25) is 0 Å². The molecular formula is C9H11ClN2. The monoisotopic (exact) mass is 182 g/mol. The van der Waals surface area contributed by atoms with Crippen LogP contribution in [-0.4, -0.2) is 6.54 Å². The van der Waals surface area contributed by atoms with Crippen molar-refractivity contribution in [2.45, 2.75) is 13.0 Å². The molecule has 0 fully saturated rings. The zero-order chi connectivity index (χ0) is 8.72. The first-order valence-electron chi connectivity index (χ1n) is 3.98. The molecule has 1 aliphatic rings. The highest BCUT2D eigenvalue weighted by atomic mass is 35.5. The van der Waals surface area contributed by atoms with E-state index in [4.69, 9.17) is 17.3 Å². The molecule has 0 aliphatic carbocycles. The molecule has 1 heterocycles. The molecule has 1 aliphatic heterocycles. The van der Waals surface area contributed by atoms with Crippen molar-refractivity contribution in [3.05, 3.63) is 28.3 Å². The molecule has 1 atom stereocenters. The van der Waals surface area contributed by atoms with Crippen LogP contribution in [0.4, 0.5) is 5.69 Å². The molecule has 0 saturated heterocycles. The summed E-state index contributed by atoms with van der Waals surface area (Å²) in [4.78, 5) is 0. The summed E-state index contributed by atoms with van der Waals surface area (Å²) >= 11 is 5.96. The smallest absolute Gasteiger partial charge is 0.0491 e. The molecule has 0 bridgehead atoms. The summed E-state index contributed by atoms with van der Waals surface area (Å²) in [6.45, 7) is 2.82. The normalized spacial score (nSPS) is 20.4. The van der Waals surface area contributed by atoms with Crippen molar-refractivity contribution in [1.82, 2.24) is 0 Å². The highest BCUT2D eigenvalue weighted by Crippen LogP contribution is 2.34. The minimum Gasteiger partial charge on any atom is -0.383 e. The van der Waals surface area contributed by atoms with E-state index in [-0.39, 0.29) is 6.04 Å². The Hall–Kier alpha value is -0.730. The van der Waals surface area contributed by atoms with Gasteiger partial charge in [0.2, 0.25) is 0 Å². The number of nitrogens with one attached hydrogen (secondary N) is 1. The van der Waals surface area contributed by atoms with E-state index in [1.54, 1.807) is 0 Å². The van der Waals surface area contributed by atoms with Crippen LogP contribution >= 0.6 is 11.6 Å². The Morgan fingerprint density at radius 2 is 2.33 bits per heavy atom. The number of nitrogens with two attached hydrogens (primary N) is 1. The Morgan fingerprint density at radius 3 is 3.08 bits per heavy atom. The minimum absolute atomic E-state index is 0.121. The molecule has 3 heteroatoms. The van der Waals surface area contributed by atoms with Gasteiger partial charge in [0.05, 0.1) is 0 Å². The summed E-state index contributed by atoms with van der Waals surface area (Å²) in [5.74, 6) is 0. The number of anilines is 1. The van der Waals surface area contributed by atoms with E-state index in [0.717, 1.165) is 22.8 Å². The molecule has 0 radical (unpaired) electrons. The number of rotatable bonds is 0. The fourth-order valence-electron chi connectivity index (χ4n) is 1.57. The van der Waals surface area contributed by atoms with Gasteiger partial charge in [0.15, 0.2) is 0 Å². The van der Waals surface area contributed by atoms with Crippen LogP contribution in [0.25, 0.3) is 0 Å². The third kappa shape index (κ3) is 0.993. The van der Waals surface area contributed by atoms with Crippen molar-refractivity contribution in [3.63, 3.8) is 0 Å². The fraction of sp³-hybridized carbons (Fsp3) is 0.333. The summed E-state index contributed by atoms with van der Waals surface area (Å²) in [6, 6.07) is 4.02. The molecule has 2 rings (SSSR count). The Bertz CT molecular complexity index is 323. The molecule has 1 aromatic rings. The van der Waals surface area contributed by atoms with E-state index in [1.165, 1.54) is 5.56 Å². The van der Waals surface area contributed by atoms with Crippen LogP contribution in [-0.2, 0) is 0 Å². The largest absolute Gasteiger partial charge is 0.383 e. The van der Waals surface area contributed by atoms with Gasteiger partial charge in [-0.2, -0.15) is 0 Å². The number of benzene rings is 1. The lowest BCUT2D eigenvalue weighted by Crippen LogP contribution is -2.11. The van der Waals surface area contributed by atoms with Crippen LogP contribution in [0.2, 0.25) is 5.02 Å². The summed E-state index contributed by atoms with van der Waals surface area (Å²) in [5, 5.41) is 4.05. The zero-order valence-electron chi connectivity index (χ0n) is 6.89. The molecule has 3 N–H and O–H groups in total. The van der Waals surface area contributed by atoms with Gasteiger partial charge in [-0.05, 0) is 24.1 Å². The van der Waals surface area contributed by atoms with Gasteiger partial charge in [-0.25, -0.2) is 0 Å².